The van der Waals surface area contributed by atoms with Gasteiger partial charge in [0.1, 0.15) is 11.6 Å². The van der Waals surface area contributed by atoms with Gasteiger partial charge in [0.2, 0.25) is 5.91 Å². The van der Waals surface area contributed by atoms with Crippen LogP contribution in [0.1, 0.15) is 35.1 Å². The van der Waals surface area contributed by atoms with Crippen LogP contribution in [0.3, 0.4) is 0 Å². The van der Waals surface area contributed by atoms with Gasteiger partial charge in [-0.3, -0.25) is 4.79 Å². The molecule has 1 aromatic heterocycles. The summed E-state index contributed by atoms with van der Waals surface area (Å²) in [4.78, 5) is 19.4. The number of amides is 1. The number of nitrogens with one attached hydrogen (secondary N) is 1. The van der Waals surface area contributed by atoms with E-state index in [9.17, 15) is 9.90 Å². The van der Waals surface area contributed by atoms with E-state index in [-0.39, 0.29) is 11.8 Å². The number of anilines is 2. The largest absolute Gasteiger partial charge is 0.507 e. The summed E-state index contributed by atoms with van der Waals surface area (Å²) < 4.78 is 0. The third-order valence-corrected chi connectivity index (χ3v) is 5.40. The molecule has 0 aliphatic carbocycles. The Morgan fingerprint density at radius 3 is 2.46 bits per heavy atom. The zero-order chi connectivity index (χ0) is 18.8. The minimum atomic E-state index is 0.00511. The summed E-state index contributed by atoms with van der Waals surface area (Å²) in [6.07, 6.45) is 3.51. The summed E-state index contributed by atoms with van der Waals surface area (Å²) in [6.45, 7) is 9.35. The number of carbonyl (C=O) groups is 1. The maximum atomic E-state index is 12.7. The number of carbonyl (C=O) groups excluding carboxylic acids is 1. The van der Waals surface area contributed by atoms with Gasteiger partial charge in [-0.15, -0.1) is 0 Å². The van der Waals surface area contributed by atoms with Crippen LogP contribution in [0.2, 0.25) is 0 Å². The van der Waals surface area contributed by atoms with Crippen LogP contribution in [0.15, 0.2) is 24.4 Å². The number of aryl methyl sites for hydroxylation is 2. The van der Waals surface area contributed by atoms with E-state index in [1.165, 1.54) is 0 Å². The fraction of sp³-hybridized carbons (Fsp3) is 0.429. The molecule has 2 N–H and O–H groups in total. The zero-order valence-corrected chi connectivity index (χ0v) is 16.0. The first-order chi connectivity index (χ1) is 12.4. The van der Waals surface area contributed by atoms with Crippen molar-refractivity contribution in [3.8, 4) is 5.75 Å². The van der Waals surface area contributed by atoms with Crippen LogP contribution in [-0.4, -0.2) is 29.1 Å². The van der Waals surface area contributed by atoms with Gasteiger partial charge in [-0.2, -0.15) is 0 Å². The first-order valence-corrected chi connectivity index (χ1v) is 9.15. The highest BCUT2D eigenvalue weighted by atomic mass is 16.3. The number of aromatic nitrogens is 1. The Morgan fingerprint density at radius 2 is 1.85 bits per heavy atom. The molecule has 5 heteroatoms. The third-order valence-electron chi connectivity index (χ3n) is 5.40. The minimum absolute atomic E-state index is 0.00511. The lowest BCUT2D eigenvalue weighted by molar-refractivity contribution is -0.120. The van der Waals surface area contributed by atoms with Gasteiger partial charge in [-0.05, 0) is 74.9 Å². The van der Waals surface area contributed by atoms with Gasteiger partial charge in [0.15, 0.2) is 0 Å². The first kappa shape index (κ1) is 18.2. The second kappa shape index (κ2) is 7.36. The molecule has 2 aromatic rings. The number of aromatic hydroxyl groups is 1. The van der Waals surface area contributed by atoms with Crippen molar-refractivity contribution in [2.75, 3.05) is 23.3 Å². The summed E-state index contributed by atoms with van der Waals surface area (Å²) in [5.74, 6) is 1.36. The molecule has 0 atom stereocenters. The van der Waals surface area contributed by atoms with Gasteiger partial charge >= 0.3 is 0 Å². The molecule has 138 valence electrons. The van der Waals surface area contributed by atoms with Gasteiger partial charge in [-0.25, -0.2) is 4.98 Å². The number of nitrogens with zero attached hydrogens (tertiary/aromatic N) is 2. The number of piperidine rings is 1. The normalized spacial score (nSPS) is 15.2. The van der Waals surface area contributed by atoms with Gasteiger partial charge in [-0.1, -0.05) is 6.07 Å². The van der Waals surface area contributed by atoms with E-state index in [2.05, 4.69) is 21.3 Å². The van der Waals surface area contributed by atoms with Crippen LogP contribution in [0, 0.1) is 33.6 Å². The molecule has 1 fully saturated rings. The third kappa shape index (κ3) is 3.66. The van der Waals surface area contributed by atoms with Crippen LogP contribution >= 0.6 is 0 Å². The van der Waals surface area contributed by atoms with Gasteiger partial charge in [0.05, 0.1) is 0 Å². The van der Waals surface area contributed by atoms with Crippen molar-refractivity contribution in [2.24, 2.45) is 5.92 Å². The summed E-state index contributed by atoms with van der Waals surface area (Å²) in [6, 6.07) is 5.96. The van der Waals surface area contributed by atoms with E-state index in [4.69, 9.17) is 0 Å². The molecule has 5 nitrogen and oxygen atoms in total. The second-order valence-corrected chi connectivity index (χ2v) is 7.28. The first-order valence-electron chi connectivity index (χ1n) is 9.15. The number of hydrogen-bond acceptors (Lipinski definition) is 4. The number of hydrogen-bond donors (Lipinski definition) is 2. The number of phenols is 1. The van der Waals surface area contributed by atoms with E-state index >= 15 is 0 Å². The van der Waals surface area contributed by atoms with Crippen LogP contribution in [0.4, 0.5) is 11.5 Å². The molecule has 1 aliphatic rings. The molecule has 0 radical (unpaired) electrons. The van der Waals surface area contributed by atoms with Crippen LogP contribution < -0.4 is 10.2 Å². The monoisotopic (exact) mass is 353 g/mol. The molecule has 0 unspecified atom stereocenters. The maximum absolute atomic E-state index is 12.7. The number of rotatable bonds is 3. The lowest BCUT2D eigenvalue weighted by atomic mass is 9.95. The van der Waals surface area contributed by atoms with Crippen molar-refractivity contribution in [3.05, 3.63) is 46.6 Å². The van der Waals surface area contributed by atoms with Crippen molar-refractivity contribution in [3.63, 3.8) is 0 Å². The lowest BCUT2D eigenvalue weighted by Crippen LogP contribution is -2.38. The van der Waals surface area contributed by atoms with Gasteiger partial charge < -0.3 is 15.3 Å². The summed E-state index contributed by atoms with van der Waals surface area (Å²) >= 11 is 0. The van der Waals surface area contributed by atoms with E-state index < -0.39 is 0 Å². The van der Waals surface area contributed by atoms with E-state index in [1.54, 1.807) is 0 Å². The molecule has 0 spiro atoms. The highest BCUT2D eigenvalue weighted by Gasteiger charge is 2.26. The Hall–Kier alpha value is -2.56. The Kier molecular flexibility index (Phi) is 5.16. The lowest BCUT2D eigenvalue weighted by Gasteiger charge is -2.32. The molecule has 2 heterocycles. The fourth-order valence-electron chi connectivity index (χ4n) is 3.45. The van der Waals surface area contributed by atoms with Crippen molar-refractivity contribution in [1.29, 1.82) is 0 Å². The molecule has 1 saturated heterocycles. The van der Waals surface area contributed by atoms with Crippen molar-refractivity contribution < 1.29 is 9.90 Å². The molecule has 26 heavy (non-hydrogen) atoms. The van der Waals surface area contributed by atoms with Gasteiger partial charge in [0, 0.05) is 30.9 Å². The van der Waals surface area contributed by atoms with Crippen LogP contribution in [0.25, 0.3) is 0 Å². The van der Waals surface area contributed by atoms with Crippen LogP contribution in [0.5, 0.6) is 5.75 Å². The summed E-state index contributed by atoms with van der Waals surface area (Å²) in [5.41, 5.74) is 4.47. The molecule has 3 rings (SSSR count). The molecule has 1 aliphatic heterocycles. The molecular weight excluding hydrogens is 326 g/mol. The molecular formula is C21H27N3O2. The highest BCUT2D eigenvalue weighted by Crippen LogP contribution is 2.31. The summed E-state index contributed by atoms with van der Waals surface area (Å²) in [7, 11) is 0. The van der Waals surface area contributed by atoms with Gasteiger partial charge in [0.25, 0.3) is 0 Å². The SMILES string of the molecule is Cc1ccc(N2CCC(C(=O)Nc3cc(C)c(O)c(C)c3C)CC2)nc1. The van der Waals surface area contributed by atoms with E-state index in [1.807, 2.05) is 46.0 Å². The second-order valence-electron chi connectivity index (χ2n) is 7.28. The quantitative estimate of drug-likeness (QED) is 0.822. The fourth-order valence-corrected chi connectivity index (χ4v) is 3.45. The van der Waals surface area contributed by atoms with E-state index in [0.29, 0.717) is 5.75 Å². The number of benzene rings is 1. The van der Waals surface area contributed by atoms with Crippen molar-refractivity contribution in [2.45, 2.75) is 40.5 Å². The molecule has 0 saturated carbocycles. The van der Waals surface area contributed by atoms with Crippen LogP contribution in [-0.2, 0) is 4.79 Å². The topological polar surface area (TPSA) is 65.5 Å². The molecule has 1 aromatic carbocycles. The maximum Gasteiger partial charge on any atom is 0.227 e. The van der Waals surface area contributed by atoms with Crippen molar-refractivity contribution >= 4 is 17.4 Å². The predicted molar refractivity (Wildman–Crippen MR) is 105 cm³/mol. The molecule has 1 amide bonds. The number of phenolic OH excluding ortho intramolecular Hbond substituents is 1. The Bertz CT molecular complexity index is 807. The average Bonchev–Trinajstić information content (AvgIpc) is 2.65. The average molecular weight is 353 g/mol. The van der Waals surface area contributed by atoms with Crippen molar-refractivity contribution in [1.82, 2.24) is 4.98 Å². The highest BCUT2D eigenvalue weighted by molar-refractivity contribution is 5.94. The Labute approximate surface area is 155 Å². The van der Waals surface area contributed by atoms with E-state index in [0.717, 1.165) is 59.7 Å². The minimum Gasteiger partial charge on any atom is -0.507 e. The Balaban J connectivity index is 1.63. The predicted octanol–water partition coefficient (Wildman–Crippen LogP) is 3.88. The molecule has 0 bridgehead atoms. The Morgan fingerprint density at radius 1 is 1.15 bits per heavy atom. The smallest absolute Gasteiger partial charge is 0.227 e. The number of pyridine rings is 1. The standard InChI is InChI=1S/C21H27N3O2/c1-13-5-6-19(22-12-13)24-9-7-17(8-10-24)21(26)23-18-11-14(2)20(25)16(4)15(18)3/h5-6,11-12,17,25H,7-10H2,1-4H3,(H,23,26). The zero-order valence-electron chi connectivity index (χ0n) is 16.0. The summed E-state index contributed by atoms with van der Waals surface area (Å²) in [5, 5.41) is 13.1.